The molecular formula is C15H31N3. The topological polar surface area (TPSA) is 18.5 Å². The number of hydrogen-bond donors (Lipinski definition) is 1. The summed E-state index contributed by atoms with van der Waals surface area (Å²) in [6.45, 7) is 12.2. The van der Waals surface area contributed by atoms with E-state index in [-0.39, 0.29) is 0 Å². The van der Waals surface area contributed by atoms with Crippen LogP contribution in [0.5, 0.6) is 0 Å². The molecule has 2 aliphatic rings. The van der Waals surface area contributed by atoms with Gasteiger partial charge in [0.15, 0.2) is 0 Å². The molecule has 0 amide bonds. The van der Waals surface area contributed by atoms with Crippen LogP contribution in [0, 0.1) is 0 Å². The second-order valence-corrected chi connectivity index (χ2v) is 5.95. The highest BCUT2D eigenvalue weighted by Gasteiger charge is 2.28. The van der Waals surface area contributed by atoms with Gasteiger partial charge in [-0.05, 0) is 32.2 Å². The number of piperazine rings is 1. The van der Waals surface area contributed by atoms with E-state index in [1.54, 1.807) is 0 Å². The minimum atomic E-state index is 0.723. The minimum Gasteiger partial charge on any atom is -0.313 e. The quantitative estimate of drug-likeness (QED) is 0.780. The van der Waals surface area contributed by atoms with Gasteiger partial charge in [0.2, 0.25) is 0 Å². The average Bonchev–Trinajstić information content (AvgIpc) is 2.43. The Morgan fingerprint density at radius 2 is 1.94 bits per heavy atom. The first kappa shape index (κ1) is 14.3. The first-order valence-corrected chi connectivity index (χ1v) is 8.03. The highest BCUT2D eigenvalue weighted by atomic mass is 15.3. The summed E-state index contributed by atoms with van der Waals surface area (Å²) >= 11 is 0. The maximum absolute atomic E-state index is 3.68. The van der Waals surface area contributed by atoms with Gasteiger partial charge in [0.05, 0.1) is 0 Å². The summed E-state index contributed by atoms with van der Waals surface area (Å²) in [5, 5.41) is 3.68. The number of nitrogens with zero attached hydrogens (tertiary/aromatic N) is 2. The Labute approximate surface area is 113 Å². The fourth-order valence-electron chi connectivity index (χ4n) is 3.43. The molecule has 106 valence electrons. The summed E-state index contributed by atoms with van der Waals surface area (Å²) in [6.07, 6.45) is 6.81. The number of nitrogens with one attached hydrogen (secondary N) is 1. The molecule has 2 aliphatic heterocycles. The predicted octanol–water partition coefficient (Wildman–Crippen LogP) is 1.93. The van der Waals surface area contributed by atoms with Crippen LogP contribution in [0.15, 0.2) is 0 Å². The molecule has 2 rings (SSSR count). The van der Waals surface area contributed by atoms with Gasteiger partial charge in [-0.1, -0.05) is 20.3 Å². The molecule has 0 aromatic rings. The molecule has 0 aromatic carbocycles. The zero-order valence-electron chi connectivity index (χ0n) is 12.3. The molecule has 1 N–H and O–H groups in total. The lowest BCUT2D eigenvalue weighted by Gasteiger charge is -2.44. The maximum Gasteiger partial charge on any atom is 0.0223 e. The lowest BCUT2D eigenvalue weighted by molar-refractivity contribution is 0.0496. The van der Waals surface area contributed by atoms with E-state index in [2.05, 4.69) is 29.0 Å². The molecule has 0 spiro atoms. The summed E-state index contributed by atoms with van der Waals surface area (Å²) in [5.41, 5.74) is 0. The normalized spacial score (nSPS) is 26.5. The van der Waals surface area contributed by atoms with Crippen LogP contribution in [0.2, 0.25) is 0 Å². The summed E-state index contributed by atoms with van der Waals surface area (Å²) in [4.78, 5) is 5.39. The first-order chi connectivity index (χ1) is 8.83. The van der Waals surface area contributed by atoms with Gasteiger partial charge in [-0.15, -0.1) is 0 Å². The lowest BCUT2D eigenvalue weighted by atomic mass is 9.99. The minimum absolute atomic E-state index is 0.723. The van der Waals surface area contributed by atoms with Crippen molar-refractivity contribution in [2.45, 2.75) is 58.0 Å². The van der Waals surface area contributed by atoms with E-state index in [0.29, 0.717) is 0 Å². The highest BCUT2D eigenvalue weighted by molar-refractivity contribution is 4.85. The Hall–Kier alpha value is -0.120. The van der Waals surface area contributed by atoms with E-state index in [9.17, 15) is 0 Å². The van der Waals surface area contributed by atoms with Gasteiger partial charge < -0.3 is 5.32 Å². The number of piperidine rings is 1. The molecule has 3 heteroatoms. The van der Waals surface area contributed by atoms with Crippen molar-refractivity contribution in [1.82, 2.24) is 15.1 Å². The third kappa shape index (κ3) is 3.94. The van der Waals surface area contributed by atoms with Crippen molar-refractivity contribution in [1.29, 1.82) is 0 Å². The fraction of sp³-hybridized carbons (Fsp3) is 1.00. The molecule has 0 aliphatic carbocycles. The first-order valence-electron chi connectivity index (χ1n) is 8.03. The predicted molar refractivity (Wildman–Crippen MR) is 78.0 cm³/mol. The van der Waals surface area contributed by atoms with E-state index < -0.39 is 0 Å². The van der Waals surface area contributed by atoms with Crippen LogP contribution >= 0.6 is 0 Å². The van der Waals surface area contributed by atoms with Crippen LogP contribution in [-0.2, 0) is 0 Å². The molecule has 0 aromatic heterocycles. The van der Waals surface area contributed by atoms with Gasteiger partial charge in [0.25, 0.3) is 0 Å². The Morgan fingerprint density at radius 1 is 1.11 bits per heavy atom. The van der Waals surface area contributed by atoms with E-state index in [1.165, 1.54) is 71.4 Å². The Morgan fingerprint density at radius 3 is 2.72 bits per heavy atom. The summed E-state index contributed by atoms with van der Waals surface area (Å²) < 4.78 is 0. The summed E-state index contributed by atoms with van der Waals surface area (Å²) in [6, 6.07) is 1.58. The molecule has 2 fully saturated rings. The molecule has 18 heavy (non-hydrogen) atoms. The van der Waals surface area contributed by atoms with Crippen molar-refractivity contribution in [3.8, 4) is 0 Å². The van der Waals surface area contributed by atoms with Gasteiger partial charge in [-0.3, -0.25) is 9.80 Å². The molecule has 0 radical (unpaired) electrons. The molecule has 1 unspecified atom stereocenters. The number of hydrogen-bond acceptors (Lipinski definition) is 3. The summed E-state index contributed by atoms with van der Waals surface area (Å²) in [5.74, 6) is 0. The molecule has 2 saturated heterocycles. The van der Waals surface area contributed by atoms with Gasteiger partial charge >= 0.3 is 0 Å². The van der Waals surface area contributed by atoms with Crippen molar-refractivity contribution >= 4 is 0 Å². The van der Waals surface area contributed by atoms with E-state index in [4.69, 9.17) is 0 Å². The Balaban J connectivity index is 1.65. The molecule has 2 heterocycles. The van der Waals surface area contributed by atoms with Crippen LogP contribution < -0.4 is 5.32 Å². The standard InChI is InChI=1S/C15H31N3/c1-3-14(4-2)16-8-10-17-11-12-18-9-6-5-7-15(18)13-17/h14-16H,3-13H2,1-2H3. The van der Waals surface area contributed by atoms with Crippen molar-refractivity contribution in [3.63, 3.8) is 0 Å². The van der Waals surface area contributed by atoms with Crippen molar-refractivity contribution < 1.29 is 0 Å². The molecule has 3 nitrogen and oxygen atoms in total. The largest absolute Gasteiger partial charge is 0.313 e. The van der Waals surface area contributed by atoms with E-state index >= 15 is 0 Å². The van der Waals surface area contributed by atoms with Gasteiger partial charge in [0, 0.05) is 44.8 Å². The van der Waals surface area contributed by atoms with E-state index in [1.807, 2.05) is 0 Å². The van der Waals surface area contributed by atoms with Crippen molar-refractivity contribution in [2.24, 2.45) is 0 Å². The smallest absolute Gasteiger partial charge is 0.0223 e. The zero-order chi connectivity index (χ0) is 12.8. The Bertz CT molecular complexity index is 228. The molecule has 0 bridgehead atoms. The van der Waals surface area contributed by atoms with Crippen LogP contribution in [0.25, 0.3) is 0 Å². The Kier molecular flexibility index (Phi) is 5.93. The van der Waals surface area contributed by atoms with Crippen molar-refractivity contribution in [3.05, 3.63) is 0 Å². The molecule has 0 saturated carbocycles. The van der Waals surface area contributed by atoms with Gasteiger partial charge in [0.1, 0.15) is 0 Å². The maximum atomic E-state index is 3.68. The van der Waals surface area contributed by atoms with E-state index in [0.717, 1.165) is 12.1 Å². The second-order valence-electron chi connectivity index (χ2n) is 5.95. The zero-order valence-corrected chi connectivity index (χ0v) is 12.3. The van der Waals surface area contributed by atoms with Crippen LogP contribution in [0.1, 0.15) is 46.0 Å². The second kappa shape index (κ2) is 7.46. The SMILES string of the molecule is CCC(CC)NCCN1CCN2CCCCC2C1. The monoisotopic (exact) mass is 253 g/mol. The van der Waals surface area contributed by atoms with Crippen LogP contribution in [0.4, 0.5) is 0 Å². The average molecular weight is 253 g/mol. The van der Waals surface area contributed by atoms with Crippen molar-refractivity contribution in [2.75, 3.05) is 39.3 Å². The van der Waals surface area contributed by atoms with Gasteiger partial charge in [-0.2, -0.15) is 0 Å². The number of fused-ring (bicyclic) bond motifs is 1. The fourth-order valence-corrected chi connectivity index (χ4v) is 3.43. The highest BCUT2D eigenvalue weighted by Crippen LogP contribution is 2.20. The van der Waals surface area contributed by atoms with Crippen LogP contribution in [0.3, 0.4) is 0 Å². The summed E-state index contributed by atoms with van der Waals surface area (Å²) in [7, 11) is 0. The van der Waals surface area contributed by atoms with Crippen LogP contribution in [-0.4, -0.2) is 61.2 Å². The third-order valence-electron chi connectivity index (χ3n) is 4.77. The third-order valence-corrected chi connectivity index (χ3v) is 4.77. The lowest BCUT2D eigenvalue weighted by Crippen LogP contribution is -2.55. The number of rotatable bonds is 6. The van der Waals surface area contributed by atoms with Gasteiger partial charge in [-0.25, -0.2) is 0 Å². The molecule has 1 atom stereocenters. The molecular weight excluding hydrogens is 222 g/mol.